The molecule has 0 saturated carbocycles. The minimum Gasteiger partial charge on any atom is -0.469 e. The molecule has 0 aliphatic heterocycles. The van der Waals surface area contributed by atoms with E-state index in [2.05, 4.69) is 11.3 Å². The van der Waals surface area contributed by atoms with Gasteiger partial charge in [0.15, 0.2) is 0 Å². The highest BCUT2D eigenvalue weighted by Crippen LogP contribution is 2.22. The molecule has 0 saturated heterocycles. The molecule has 0 radical (unpaired) electrons. The standard InChI is InChI=1S/C16H17Cl2NO3/c1-3-9-19(10-8-16(21)22-2)15(20)7-5-12-4-6-13(17)11-14(12)18/h3-7,11H,1,8-10H2,2H3/b7-5+. The van der Waals surface area contributed by atoms with E-state index in [1.165, 1.54) is 18.1 Å². The highest BCUT2D eigenvalue weighted by molar-refractivity contribution is 6.35. The van der Waals surface area contributed by atoms with Crippen molar-refractivity contribution in [3.05, 3.63) is 52.5 Å². The zero-order valence-electron chi connectivity index (χ0n) is 12.2. The second-order valence-electron chi connectivity index (χ2n) is 4.40. The Hall–Kier alpha value is -1.78. The fraction of sp³-hybridized carbons (Fsp3) is 0.250. The number of nitrogens with zero attached hydrogens (tertiary/aromatic N) is 1. The van der Waals surface area contributed by atoms with E-state index in [0.29, 0.717) is 22.2 Å². The predicted molar refractivity (Wildman–Crippen MR) is 88.9 cm³/mol. The van der Waals surface area contributed by atoms with E-state index in [9.17, 15) is 9.59 Å². The summed E-state index contributed by atoms with van der Waals surface area (Å²) in [6.07, 6.45) is 4.73. The molecule has 1 aromatic rings. The van der Waals surface area contributed by atoms with Crippen LogP contribution in [0.4, 0.5) is 0 Å². The number of methoxy groups -OCH3 is 1. The van der Waals surface area contributed by atoms with Crippen LogP contribution in [-0.2, 0) is 14.3 Å². The van der Waals surface area contributed by atoms with Crippen molar-refractivity contribution < 1.29 is 14.3 Å². The molecule has 0 atom stereocenters. The number of carbonyl (C=O) groups is 2. The maximum atomic E-state index is 12.2. The van der Waals surface area contributed by atoms with Gasteiger partial charge in [0.1, 0.15) is 0 Å². The lowest BCUT2D eigenvalue weighted by Gasteiger charge is -2.18. The van der Waals surface area contributed by atoms with E-state index >= 15 is 0 Å². The van der Waals surface area contributed by atoms with Crippen LogP contribution in [0.5, 0.6) is 0 Å². The molecule has 6 heteroatoms. The normalized spacial score (nSPS) is 10.5. The van der Waals surface area contributed by atoms with Gasteiger partial charge >= 0.3 is 5.97 Å². The summed E-state index contributed by atoms with van der Waals surface area (Å²) in [6.45, 7) is 4.20. The van der Waals surface area contributed by atoms with Crippen LogP contribution in [0.15, 0.2) is 36.9 Å². The summed E-state index contributed by atoms with van der Waals surface area (Å²) < 4.78 is 4.56. The van der Waals surface area contributed by atoms with E-state index in [1.54, 1.807) is 30.4 Å². The minimum absolute atomic E-state index is 0.131. The summed E-state index contributed by atoms with van der Waals surface area (Å²) >= 11 is 11.9. The Morgan fingerprint density at radius 2 is 2.09 bits per heavy atom. The van der Waals surface area contributed by atoms with Gasteiger partial charge in [-0.3, -0.25) is 9.59 Å². The third kappa shape index (κ3) is 5.92. The fourth-order valence-corrected chi connectivity index (χ4v) is 2.15. The molecular weight excluding hydrogens is 325 g/mol. The first kappa shape index (κ1) is 18.3. The molecule has 1 aromatic carbocycles. The van der Waals surface area contributed by atoms with E-state index in [-0.39, 0.29) is 24.8 Å². The lowest BCUT2D eigenvalue weighted by atomic mass is 10.2. The molecule has 0 spiro atoms. The molecule has 0 aromatic heterocycles. The average molecular weight is 342 g/mol. The van der Waals surface area contributed by atoms with Gasteiger partial charge in [-0.2, -0.15) is 0 Å². The average Bonchev–Trinajstić information content (AvgIpc) is 2.49. The smallest absolute Gasteiger partial charge is 0.307 e. The highest BCUT2D eigenvalue weighted by Gasteiger charge is 2.11. The van der Waals surface area contributed by atoms with Crippen LogP contribution in [0, 0.1) is 0 Å². The molecule has 0 unspecified atom stereocenters. The van der Waals surface area contributed by atoms with Crippen molar-refractivity contribution in [3.8, 4) is 0 Å². The molecule has 1 rings (SSSR count). The Labute approximate surface area is 140 Å². The quantitative estimate of drug-likeness (QED) is 0.432. The molecule has 0 aliphatic carbocycles. The summed E-state index contributed by atoms with van der Waals surface area (Å²) in [6, 6.07) is 5.02. The summed E-state index contributed by atoms with van der Waals surface area (Å²) in [5.41, 5.74) is 0.686. The number of esters is 1. The molecule has 0 heterocycles. The summed E-state index contributed by atoms with van der Waals surface area (Å²) in [5, 5.41) is 0.987. The van der Waals surface area contributed by atoms with Crippen LogP contribution in [0.25, 0.3) is 6.08 Å². The predicted octanol–water partition coefficient (Wildman–Crippen LogP) is 3.58. The van der Waals surface area contributed by atoms with E-state index in [1.807, 2.05) is 0 Å². The SMILES string of the molecule is C=CCN(CCC(=O)OC)C(=O)/C=C/c1ccc(Cl)cc1Cl. The van der Waals surface area contributed by atoms with Gasteiger partial charge in [-0.25, -0.2) is 0 Å². The Morgan fingerprint density at radius 1 is 1.36 bits per heavy atom. The maximum absolute atomic E-state index is 12.2. The number of halogens is 2. The topological polar surface area (TPSA) is 46.6 Å². The second kappa shape index (κ2) is 9.28. The molecule has 118 valence electrons. The third-order valence-electron chi connectivity index (χ3n) is 2.84. The van der Waals surface area contributed by atoms with Crippen LogP contribution in [0.2, 0.25) is 10.0 Å². The van der Waals surface area contributed by atoms with Crippen molar-refractivity contribution in [1.29, 1.82) is 0 Å². The van der Waals surface area contributed by atoms with E-state index < -0.39 is 0 Å². The van der Waals surface area contributed by atoms with Gasteiger partial charge in [0.25, 0.3) is 0 Å². The molecule has 0 fully saturated rings. The van der Waals surface area contributed by atoms with Crippen LogP contribution >= 0.6 is 23.2 Å². The molecular formula is C16H17Cl2NO3. The van der Waals surface area contributed by atoms with Gasteiger partial charge in [-0.15, -0.1) is 6.58 Å². The number of amides is 1. The first-order chi connectivity index (χ1) is 10.5. The maximum Gasteiger partial charge on any atom is 0.307 e. The highest BCUT2D eigenvalue weighted by atomic mass is 35.5. The lowest BCUT2D eigenvalue weighted by Crippen LogP contribution is -2.32. The molecule has 22 heavy (non-hydrogen) atoms. The molecule has 0 N–H and O–H groups in total. The molecule has 0 aliphatic rings. The summed E-state index contributed by atoms with van der Waals surface area (Å²) in [4.78, 5) is 24.8. The number of carbonyl (C=O) groups excluding carboxylic acids is 2. The molecule has 1 amide bonds. The number of benzene rings is 1. The van der Waals surface area contributed by atoms with Crippen molar-refractivity contribution in [2.45, 2.75) is 6.42 Å². The largest absolute Gasteiger partial charge is 0.469 e. The van der Waals surface area contributed by atoms with Crippen molar-refractivity contribution in [1.82, 2.24) is 4.90 Å². The third-order valence-corrected chi connectivity index (χ3v) is 3.41. The van der Waals surface area contributed by atoms with Crippen molar-refractivity contribution in [2.75, 3.05) is 20.2 Å². The first-order valence-corrected chi connectivity index (χ1v) is 7.33. The first-order valence-electron chi connectivity index (χ1n) is 6.57. The van der Waals surface area contributed by atoms with Gasteiger partial charge in [0.2, 0.25) is 5.91 Å². The van der Waals surface area contributed by atoms with Gasteiger partial charge < -0.3 is 9.64 Å². The van der Waals surface area contributed by atoms with Crippen molar-refractivity contribution in [3.63, 3.8) is 0 Å². The monoisotopic (exact) mass is 341 g/mol. The Balaban J connectivity index is 2.75. The Morgan fingerprint density at radius 3 is 2.68 bits per heavy atom. The van der Waals surface area contributed by atoms with Crippen molar-refractivity contribution in [2.24, 2.45) is 0 Å². The Bertz CT molecular complexity index is 585. The van der Waals surface area contributed by atoms with E-state index in [4.69, 9.17) is 23.2 Å². The van der Waals surface area contributed by atoms with Crippen LogP contribution in [0.3, 0.4) is 0 Å². The summed E-state index contributed by atoms with van der Waals surface area (Å²) in [7, 11) is 1.31. The molecule has 0 bridgehead atoms. The molecule has 4 nitrogen and oxygen atoms in total. The Kier molecular flexibility index (Phi) is 7.71. The number of rotatable bonds is 7. The van der Waals surface area contributed by atoms with Gasteiger partial charge in [0.05, 0.1) is 13.5 Å². The van der Waals surface area contributed by atoms with Crippen LogP contribution in [-0.4, -0.2) is 37.0 Å². The number of ether oxygens (including phenoxy) is 1. The number of hydrogen-bond acceptors (Lipinski definition) is 3. The van der Waals surface area contributed by atoms with Gasteiger partial charge in [-0.05, 0) is 23.8 Å². The number of hydrogen-bond donors (Lipinski definition) is 0. The van der Waals surface area contributed by atoms with Crippen LogP contribution < -0.4 is 0 Å². The van der Waals surface area contributed by atoms with E-state index in [0.717, 1.165) is 0 Å². The second-order valence-corrected chi connectivity index (χ2v) is 5.24. The van der Waals surface area contributed by atoms with Gasteiger partial charge in [0, 0.05) is 29.2 Å². The fourth-order valence-electron chi connectivity index (χ4n) is 1.68. The lowest BCUT2D eigenvalue weighted by molar-refractivity contribution is -0.141. The zero-order chi connectivity index (χ0) is 16.5. The van der Waals surface area contributed by atoms with Crippen molar-refractivity contribution >= 4 is 41.2 Å². The zero-order valence-corrected chi connectivity index (χ0v) is 13.7. The summed E-state index contributed by atoms with van der Waals surface area (Å²) in [5.74, 6) is -0.610. The van der Waals surface area contributed by atoms with Crippen LogP contribution in [0.1, 0.15) is 12.0 Å². The van der Waals surface area contributed by atoms with Gasteiger partial charge in [-0.1, -0.05) is 35.3 Å². The minimum atomic E-state index is -0.369.